The van der Waals surface area contributed by atoms with Crippen LogP contribution in [0.15, 0.2) is 18.3 Å². The van der Waals surface area contributed by atoms with E-state index in [0.29, 0.717) is 11.7 Å². The summed E-state index contributed by atoms with van der Waals surface area (Å²) in [5.74, 6) is 1.51. The molecule has 116 valence electrons. The van der Waals surface area contributed by atoms with Crippen LogP contribution >= 0.6 is 0 Å². The van der Waals surface area contributed by atoms with Gasteiger partial charge in [0.2, 0.25) is 5.91 Å². The molecule has 0 aromatic carbocycles. The second kappa shape index (κ2) is 7.38. The minimum Gasteiger partial charge on any atom is -0.330 e. The van der Waals surface area contributed by atoms with Gasteiger partial charge in [0.25, 0.3) is 0 Å². The first-order chi connectivity index (χ1) is 10.1. The molecule has 1 amide bonds. The number of nitrogens with zero attached hydrogens (tertiary/aromatic N) is 2. The van der Waals surface area contributed by atoms with Gasteiger partial charge in [-0.25, -0.2) is 9.99 Å². The first-order valence-electron chi connectivity index (χ1n) is 7.49. The lowest BCUT2D eigenvalue weighted by molar-refractivity contribution is -0.121. The number of carbonyl (C=O) groups excluding carboxylic acids is 1. The summed E-state index contributed by atoms with van der Waals surface area (Å²) in [5.41, 5.74) is 9.53. The number of rotatable bonds is 5. The average molecular weight is 291 g/mol. The predicted molar refractivity (Wildman–Crippen MR) is 84.7 cm³/mol. The maximum Gasteiger partial charge on any atom is 0.227 e. The predicted octanol–water partition coefficient (Wildman–Crippen LogP) is 1.67. The van der Waals surface area contributed by atoms with E-state index in [0.717, 1.165) is 37.9 Å². The van der Waals surface area contributed by atoms with Gasteiger partial charge in [-0.2, -0.15) is 0 Å². The molecule has 0 unspecified atom stereocenters. The van der Waals surface area contributed by atoms with Crippen LogP contribution in [0.1, 0.15) is 25.7 Å². The molecule has 1 aliphatic carbocycles. The minimum atomic E-state index is 0.103. The Morgan fingerprint density at radius 3 is 2.71 bits per heavy atom. The highest BCUT2D eigenvalue weighted by atomic mass is 16.1. The summed E-state index contributed by atoms with van der Waals surface area (Å²) < 4.78 is 0. The van der Waals surface area contributed by atoms with Crippen molar-refractivity contribution in [3.63, 3.8) is 0 Å². The van der Waals surface area contributed by atoms with Crippen LogP contribution in [0.25, 0.3) is 0 Å². The molecular formula is C15H25N5O. The van der Waals surface area contributed by atoms with Gasteiger partial charge in [-0.3, -0.25) is 4.79 Å². The molecule has 1 saturated carbocycles. The summed E-state index contributed by atoms with van der Waals surface area (Å²) in [6.07, 6.45) is 5.66. The summed E-state index contributed by atoms with van der Waals surface area (Å²) in [4.78, 5) is 16.5. The molecule has 6 nitrogen and oxygen atoms in total. The zero-order chi connectivity index (χ0) is 15.2. The lowest BCUT2D eigenvalue weighted by atomic mass is 9.81. The van der Waals surface area contributed by atoms with Gasteiger partial charge in [-0.15, -0.1) is 0 Å². The fourth-order valence-electron chi connectivity index (χ4n) is 2.70. The Hall–Kier alpha value is -1.66. The maximum absolute atomic E-state index is 12.3. The Kier molecular flexibility index (Phi) is 5.52. The monoisotopic (exact) mass is 291 g/mol. The molecule has 0 spiro atoms. The van der Waals surface area contributed by atoms with Crippen LogP contribution in [0.3, 0.4) is 0 Å². The molecule has 1 heterocycles. The van der Waals surface area contributed by atoms with Gasteiger partial charge in [0.1, 0.15) is 5.82 Å². The summed E-state index contributed by atoms with van der Waals surface area (Å²) in [6, 6.07) is 3.65. The third kappa shape index (κ3) is 4.68. The molecule has 1 aromatic rings. The minimum absolute atomic E-state index is 0.103. The molecule has 2 rings (SSSR count). The Labute approximate surface area is 126 Å². The number of hydrazine groups is 1. The van der Waals surface area contributed by atoms with Crippen LogP contribution in [0.5, 0.6) is 0 Å². The topological polar surface area (TPSA) is 83.3 Å². The number of nitrogens with one attached hydrogen (secondary N) is 2. The third-order valence-corrected chi connectivity index (χ3v) is 3.92. The highest BCUT2D eigenvalue weighted by Crippen LogP contribution is 2.29. The highest BCUT2D eigenvalue weighted by molar-refractivity contribution is 5.92. The number of hydrogen-bond acceptors (Lipinski definition) is 5. The van der Waals surface area contributed by atoms with Gasteiger partial charge >= 0.3 is 0 Å². The number of anilines is 2. The summed E-state index contributed by atoms with van der Waals surface area (Å²) >= 11 is 0. The van der Waals surface area contributed by atoms with Crippen molar-refractivity contribution >= 4 is 17.4 Å². The zero-order valence-electron chi connectivity index (χ0n) is 12.8. The molecule has 4 N–H and O–H groups in total. The zero-order valence-corrected chi connectivity index (χ0v) is 12.8. The summed E-state index contributed by atoms with van der Waals surface area (Å²) in [6.45, 7) is 0.734. The molecule has 0 atom stereocenters. The largest absolute Gasteiger partial charge is 0.330 e. The summed E-state index contributed by atoms with van der Waals surface area (Å²) in [7, 11) is 3.78. The second-order valence-corrected chi connectivity index (χ2v) is 5.88. The second-order valence-electron chi connectivity index (χ2n) is 5.88. The van der Waals surface area contributed by atoms with Gasteiger partial charge < -0.3 is 16.5 Å². The number of amides is 1. The first-order valence-corrected chi connectivity index (χ1v) is 7.49. The van der Waals surface area contributed by atoms with Gasteiger partial charge in [-0.1, -0.05) is 0 Å². The molecular weight excluding hydrogens is 266 g/mol. The van der Waals surface area contributed by atoms with Crippen molar-refractivity contribution in [2.45, 2.75) is 25.7 Å². The molecule has 1 aromatic heterocycles. The summed E-state index contributed by atoms with van der Waals surface area (Å²) in [5, 5.41) is 4.80. The van der Waals surface area contributed by atoms with E-state index >= 15 is 0 Å². The Bertz CT molecular complexity index is 469. The van der Waals surface area contributed by atoms with E-state index in [2.05, 4.69) is 15.7 Å². The first kappa shape index (κ1) is 15.7. The Morgan fingerprint density at radius 1 is 1.38 bits per heavy atom. The molecule has 0 saturated heterocycles. The van der Waals surface area contributed by atoms with Crippen LogP contribution in [-0.4, -0.2) is 36.5 Å². The standard InChI is InChI=1S/C15H25N5O/c1-20(2)19-14-9-13(7-8-17-14)18-15(21)12-5-3-11(10-16)4-6-12/h7-9,11-12H,3-6,10,16H2,1-2H3,(H2,17,18,19,21)/t11-,12-. The van der Waals surface area contributed by atoms with Crippen molar-refractivity contribution in [3.8, 4) is 0 Å². The SMILES string of the molecule is CN(C)Nc1cc(NC(=O)[C@H]2CC[C@H](CN)CC2)ccn1. The van der Waals surface area contributed by atoms with E-state index < -0.39 is 0 Å². The van der Waals surface area contributed by atoms with Gasteiger partial charge in [0, 0.05) is 38.0 Å². The quantitative estimate of drug-likeness (QED) is 0.719. The van der Waals surface area contributed by atoms with Crippen molar-refractivity contribution in [1.29, 1.82) is 0 Å². The van der Waals surface area contributed by atoms with Crippen molar-refractivity contribution in [2.24, 2.45) is 17.6 Å². The van der Waals surface area contributed by atoms with Gasteiger partial charge in [0.05, 0.1) is 0 Å². The number of hydrogen-bond donors (Lipinski definition) is 3. The highest BCUT2D eigenvalue weighted by Gasteiger charge is 2.25. The van der Waals surface area contributed by atoms with Crippen LogP contribution in [0, 0.1) is 11.8 Å². The van der Waals surface area contributed by atoms with Crippen LogP contribution in [0.4, 0.5) is 11.5 Å². The molecule has 6 heteroatoms. The van der Waals surface area contributed by atoms with Crippen molar-refractivity contribution in [1.82, 2.24) is 9.99 Å². The van der Waals surface area contributed by atoms with E-state index in [1.807, 2.05) is 31.2 Å². The van der Waals surface area contributed by atoms with E-state index in [-0.39, 0.29) is 11.8 Å². The lowest BCUT2D eigenvalue weighted by Crippen LogP contribution is -2.29. The van der Waals surface area contributed by atoms with Gasteiger partial charge in [0.15, 0.2) is 0 Å². The van der Waals surface area contributed by atoms with E-state index in [1.165, 1.54) is 0 Å². The fraction of sp³-hybridized carbons (Fsp3) is 0.600. The van der Waals surface area contributed by atoms with E-state index in [9.17, 15) is 4.79 Å². The van der Waals surface area contributed by atoms with Crippen LogP contribution in [-0.2, 0) is 4.79 Å². The molecule has 0 aliphatic heterocycles. The fourth-order valence-corrected chi connectivity index (χ4v) is 2.70. The molecule has 0 radical (unpaired) electrons. The van der Waals surface area contributed by atoms with Crippen LogP contribution < -0.4 is 16.5 Å². The number of carbonyl (C=O) groups is 1. The molecule has 1 aliphatic rings. The lowest BCUT2D eigenvalue weighted by Gasteiger charge is -2.26. The Balaban J connectivity index is 1.90. The third-order valence-electron chi connectivity index (χ3n) is 3.92. The number of aromatic nitrogens is 1. The molecule has 21 heavy (non-hydrogen) atoms. The Morgan fingerprint density at radius 2 is 2.10 bits per heavy atom. The van der Waals surface area contributed by atoms with Gasteiger partial charge in [-0.05, 0) is 44.2 Å². The van der Waals surface area contributed by atoms with Crippen molar-refractivity contribution in [2.75, 3.05) is 31.4 Å². The van der Waals surface area contributed by atoms with E-state index in [1.54, 1.807) is 6.20 Å². The average Bonchev–Trinajstić information content (AvgIpc) is 2.47. The smallest absolute Gasteiger partial charge is 0.227 e. The van der Waals surface area contributed by atoms with Crippen molar-refractivity contribution < 1.29 is 4.79 Å². The number of nitrogens with two attached hydrogens (primary N) is 1. The maximum atomic E-state index is 12.3. The number of pyridine rings is 1. The molecule has 0 bridgehead atoms. The normalized spacial score (nSPS) is 22.1. The van der Waals surface area contributed by atoms with E-state index in [4.69, 9.17) is 5.73 Å². The molecule has 1 fully saturated rings. The van der Waals surface area contributed by atoms with Crippen molar-refractivity contribution in [3.05, 3.63) is 18.3 Å². The van der Waals surface area contributed by atoms with Crippen LogP contribution in [0.2, 0.25) is 0 Å².